The van der Waals surface area contributed by atoms with Crippen molar-refractivity contribution in [2.24, 2.45) is 0 Å². The third-order valence-corrected chi connectivity index (χ3v) is 3.72. The number of carbonyl (C=O) groups is 1. The zero-order chi connectivity index (χ0) is 14.7. The molecule has 1 aliphatic carbocycles. The van der Waals surface area contributed by atoms with Crippen LogP contribution in [0.25, 0.3) is 0 Å². The summed E-state index contributed by atoms with van der Waals surface area (Å²) >= 11 is 0. The van der Waals surface area contributed by atoms with Gasteiger partial charge in [0.1, 0.15) is 18.1 Å². The van der Waals surface area contributed by atoms with E-state index in [0.29, 0.717) is 30.8 Å². The molecule has 3 rings (SSSR count). The van der Waals surface area contributed by atoms with Gasteiger partial charge in [0.25, 0.3) is 0 Å². The van der Waals surface area contributed by atoms with Crippen LogP contribution in [0.15, 0.2) is 42.5 Å². The minimum Gasteiger partial charge on any atom is -0.489 e. The average molecular weight is 277 g/mol. The van der Waals surface area contributed by atoms with Crippen LogP contribution in [0.2, 0.25) is 0 Å². The van der Waals surface area contributed by atoms with Crippen molar-refractivity contribution in [3.63, 3.8) is 0 Å². The first-order valence-corrected chi connectivity index (χ1v) is 7.00. The normalized spacial score (nSPS) is 13.4. The Morgan fingerprint density at radius 2 is 1.86 bits per heavy atom. The number of fused-ring (bicyclic) bond motifs is 1. The summed E-state index contributed by atoms with van der Waals surface area (Å²) in [6, 6.07) is 15.4. The maximum Gasteiger partial charge on any atom is 0.137 e. The monoisotopic (exact) mass is 277 g/mol. The Hall–Kier alpha value is -2.60. The summed E-state index contributed by atoms with van der Waals surface area (Å²) in [7, 11) is 0. The number of hydrogen-bond acceptors (Lipinski definition) is 3. The van der Waals surface area contributed by atoms with Gasteiger partial charge in [-0.3, -0.25) is 4.79 Å². The van der Waals surface area contributed by atoms with Crippen molar-refractivity contribution in [3.05, 3.63) is 64.7 Å². The molecule has 0 fully saturated rings. The first-order valence-electron chi connectivity index (χ1n) is 7.00. The highest BCUT2D eigenvalue weighted by atomic mass is 16.5. The Bertz CT molecular complexity index is 711. The Balaban J connectivity index is 1.69. The van der Waals surface area contributed by atoms with Gasteiger partial charge in [-0.25, -0.2) is 0 Å². The minimum atomic E-state index is 0.313. The molecule has 0 spiro atoms. The van der Waals surface area contributed by atoms with Crippen molar-refractivity contribution >= 4 is 5.78 Å². The number of rotatable bonds is 3. The number of aryl methyl sites for hydroxylation is 1. The molecule has 0 heterocycles. The van der Waals surface area contributed by atoms with Crippen LogP contribution in [0.5, 0.6) is 5.75 Å². The summed E-state index contributed by atoms with van der Waals surface area (Å²) in [5, 5.41) is 8.75. The summed E-state index contributed by atoms with van der Waals surface area (Å²) in [5.41, 5.74) is 4.09. The van der Waals surface area contributed by atoms with Crippen LogP contribution in [0.1, 0.15) is 28.7 Å². The van der Waals surface area contributed by atoms with Crippen molar-refractivity contribution < 1.29 is 9.53 Å². The maximum absolute atomic E-state index is 11.5. The fraction of sp³-hybridized carbons (Fsp3) is 0.222. The maximum atomic E-state index is 11.5. The molecule has 0 aromatic heterocycles. The van der Waals surface area contributed by atoms with E-state index in [1.54, 1.807) is 24.3 Å². The predicted octanol–water partition coefficient (Wildman–Crippen LogP) is 3.20. The van der Waals surface area contributed by atoms with Crippen molar-refractivity contribution in [2.45, 2.75) is 25.9 Å². The summed E-state index contributed by atoms with van der Waals surface area (Å²) < 4.78 is 5.72. The van der Waals surface area contributed by atoms with E-state index in [2.05, 4.69) is 24.3 Å². The Morgan fingerprint density at radius 3 is 2.62 bits per heavy atom. The van der Waals surface area contributed by atoms with Crippen LogP contribution < -0.4 is 4.74 Å². The van der Waals surface area contributed by atoms with Gasteiger partial charge in [0.15, 0.2) is 0 Å². The molecular weight excluding hydrogens is 262 g/mol. The molecule has 3 nitrogen and oxygen atoms in total. The predicted molar refractivity (Wildman–Crippen MR) is 79.0 cm³/mol. The number of ketones is 1. The van der Waals surface area contributed by atoms with E-state index < -0.39 is 0 Å². The molecule has 0 saturated heterocycles. The topological polar surface area (TPSA) is 50.1 Å². The van der Waals surface area contributed by atoms with Gasteiger partial charge in [0.05, 0.1) is 11.6 Å². The third-order valence-electron chi connectivity index (χ3n) is 3.72. The number of Topliss-reactive ketones (excluding diaryl/α,β-unsaturated/α-hetero) is 1. The van der Waals surface area contributed by atoms with Crippen LogP contribution in [0.4, 0.5) is 0 Å². The number of carbonyl (C=O) groups excluding carboxylic acids is 1. The number of benzene rings is 2. The van der Waals surface area contributed by atoms with Crippen molar-refractivity contribution in [1.29, 1.82) is 5.26 Å². The van der Waals surface area contributed by atoms with E-state index in [1.807, 2.05) is 0 Å². The van der Waals surface area contributed by atoms with E-state index in [1.165, 1.54) is 5.56 Å². The van der Waals surface area contributed by atoms with E-state index in [4.69, 9.17) is 10.00 Å². The standard InChI is InChI=1S/C18H15NO2/c19-11-13-2-7-18(8-3-13)21-12-14-1-4-15-5-6-17(20)10-16(15)9-14/h1-4,7-9H,5-6,10,12H2. The highest BCUT2D eigenvalue weighted by molar-refractivity contribution is 5.83. The summed E-state index contributed by atoms with van der Waals surface area (Å²) in [4.78, 5) is 11.5. The largest absolute Gasteiger partial charge is 0.489 e. The molecule has 0 aliphatic heterocycles. The number of ether oxygens (including phenoxy) is 1. The Labute approximate surface area is 123 Å². The van der Waals surface area contributed by atoms with E-state index in [9.17, 15) is 4.79 Å². The molecule has 0 bridgehead atoms. The van der Waals surface area contributed by atoms with Gasteiger partial charge in [0.2, 0.25) is 0 Å². The molecule has 0 atom stereocenters. The molecule has 1 aliphatic rings. The lowest BCUT2D eigenvalue weighted by atomic mass is 9.90. The SMILES string of the molecule is N#Cc1ccc(OCc2ccc3c(c2)CC(=O)CC3)cc1. The minimum absolute atomic E-state index is 0.313. The van der Waals surface area contributed by atoms with Crippen molar-refractivity contribution in [3.8, 4) is 11.8 Å². The molecule has 0 unspecified atom stereocenters. The van der Waals surface area contributed by atoms with Crippen LogP contribution in [-0.4, -0.2) is 5.78 Å². The van der Waals surface area contributed by atoms with Gasteiger partial charge >= 0.3 is 0 Å². The second kappa shape index (κ2) is 5.80. The van der Waals surface area contributed by atoms with Gasteiger partial charge in [-0.05, 0) is 47.4 Å². The Morgan fingerprint density at radius 1 is 1.05 bits per heavy atom. The summed E-state index contributed by atoms with van der Waals surface area (Å²) in [6.07, 6.45) is 2.05. The summed E-state index contributed by atoms with van der Waals surface area (Å²) in [6.45, 7) is 0.466. The van der Waals surface area contributed by atoms with Gasteiger partial charge in [-0.15, -0.1) is 0 Å². The first kappa shape index (κ1) is 13.4. The smallest absolute Gasteiger partial charge is 0.137 e. The zero-order valence-corrected chi connectivity index (χ0v) is 11.6. The molecule has 2 aromatic rings. The lowest BCUT2D eigenvalue weighted by molar-refractivity contribution is -0.118. The molecule has 21 heavy (non-hydrogen) atoms. The second-order valence-corrected chi connectivity index (χ2v) is 5.24. The van der Waals surface area contributed by atoms with Crippen molar-refractivity contribution in [2.75, 3.05) is 0 Å². The second-order valence-electron chi connectivity index (χ2n) is 5.24. The van der Waals surface area contributed by atoms with E-state index >= 15 is 0 Å². The molecule has 0 N–H and O–H groups in total. The fourth-order valence-corrected chi connectivity index (χ4v) is 2.54. The fourth-order valence-electron chi connectivity index (χ4n) is 2.54. The van der Waals surface area contributed by atoms with Crippen LogP contribution >= 0.6 is 0 Å². The zero-order valence-electron chi connectivity index (χ0n) is 11.6. The summed E-state index contributed by atoms with van der Waals surface area (Å²) in [5.74, 6) is 1.05. The highest BCUT2D eigenvalue weighted by Crippen LogP contribution is 2.21. The molecule has 0 saturated carbocycles. The van der Waals surface area contributed by atoms with Gasteiger partial charge in [-0.2, -0.15) is 5.26 Å². The molecular formula is C18H15NO2. The van der Waals surface area contributed by atoms with Crippen LogP contribution in [0.3, 0.4) is 0 Å². The first-order chi connectivity index (χ1) is 10.2. The quantitative estimate of drug-likeness (QED) is 0.865. The average Bonchev–Trinajstić information content (AvgIpc) is 2.53. The molecule has 0 amide bonds. The van der Waals surface area contributed by atoms with Gasteiger partial charge in [0, 0.05) is 12.8 Å². The van der Waals surface area contributed by atoms with E-state index in [0.717, 1.165) is 23.3 Å². The molecule has 104 valence electrons. The number of hydrogen-bond donors (Lipinski definition) is 0. The van der Waals surface area contributed by atoms with Gasteiger partial charge < -0.3 is 4.74 Å². The van der Waals surface area contributed by atoms with Crippen LogP contribution in [0, 0.1) is 11.3 Å². The van der Waals surface area contributed by atoms with Crippen LogP contribution in [-0.2, 0) is 24.2 Å². The van der Waals surface area contributed by atoms with E-state index in [-0.39, 0.29) is 0 Å². The number of nitriles is 1. The lowest BCUT2D eigenvalue weighted by Crippen LogP contribution is -2.13. The van der Waals surface area contributed by atoms with Crippen molar-refractivity contribution in [1.82, 2.24) is 0 Å². The Kier molecular flexibility index (Phi) is 3.70. The third kappa shape index (κ3) is 3.11. The van der Waals surface area contributed by atoms with Gasteiger partial charge in [-0.1, -0.05) is 18.2 Å². The molecule has 0 radical (unpaired) electrons. The number of nitrogens with zero attached hydrogens (tertiary/aromatic N) is 1. The molecule has 3 heteroatoms. The lowest BCUT2D eigenvalue weighted by Gasteiger charge is -2.16. The molecule has 2 aromatic carbocycles. The highest BCUT2D eigenvalue weighted by Gasteiger charge is 2.15.